The van der Waals surface area contributed by atoms with Gasteiger partial charge >= 0.3 is 6.18 Å². The fourth-order valence-electron chi connectivity index (χ4n) is 1.04. The number of nitrogens with zero attached hydrogens (tertiary/aromatic N) is 1. The molecule has 0 unspecified atom stereocenters. The first-order valence-corrected chi connectivity index (χ1v) is 3.66. The molecule has 0 spiro atoms. The van der Waals surface area contributed by atoms with Crippen LogP contribution in [0.2, 0.25) is 0 Å². The van der Waals surface area contributed by atoms with Crippen LogP contribution in [0.4, 0.5) is 13.2 Å². The van der Waals surface area contributed by atoms with E-state index in [-0.39, 0.29) is 12.0 Å². The first-order valence-electron chi connectivity index (χ1n) is 3.66. The summed E-state index contributed by atoms with van der Waals surface area (Å²) in [6, 6.07) is 0. The first-order chi connectivity index (χ1) is 6.05. The fourth-order valence-corrected chi connectivity index (χ4v) is 1.04. The Morgan fingerprint density at radius 2 is 2.23 bits per heavy atom. The predicted molar refractivity (Wildman–Crippen MR) is 38.5 cm³/mol. The van der Waals surface area contributed by atoms with Crippen molar-refractivity contribution < 1.29 is 23.1 Å². The molecule has 0 amide bonds. The molecule has 0 aromatic rings. The number of hydrogen-bond acceptors (Lipinski definition) is 3. The van der Waals surface area contributed by atoms with E-state index in [1.165, 1.54) is 0 Å². The van der Waals surface area contributed by atoms with Gasteiger partial charge < -0.3 is 9.94 Å². The van der Waals surface area contributed by atoms with Crippen molar-refractivity contribution in [1.82, 2.24) is 0 Å². The van der Waals surface area contributed by atoms with Crippen LogP contribution in [-0.2, 0) is 4.74 Å². The molecular weight excluding hydrogens is 187 g/mol. The highest BCUT2D eigenvalue weighted by atomic mass is 19.4. The standard InChI is InChI=1S/C7H8F3NO2/c8-7(9,10)6(11-12)5-2-1-3-13-4-5/h4,12H,1-3H2. The molecule has 1 N–H and O–H groups in total. The summed E-state index contributed by atoms with van der Waals surface area (Å²) >= 11 is 0. The molecule has 0 fully saturated rings. The zero-order chi connectivity index (χ0) is 9.90. The van der Waals surface area contributed by atoms with Gasteiger partial charge in [0.1, 0.15) is 0 Å². The van der Waals surface area contributed by atoms with E-state index in [0.717, 1.165) is 6.26 Å². The third-order valence-corrected chi connectivity index (χ3v) is 1.61. The number of alkyl halides is 3. The number of rotatable bonds is 1. The average molecular weight is 195 g/mol. The Hall–Kier alpha value is -1.20. The molecule has 0 aromatic carbocycles. The molecule has 1 rings (SSSR count). The molecule has 3 nitrogen and oxygen atoms in total. The minimum atomic E-state index is -4.62. The largest absolute Gasteiger partial charge is 0.501 e. The second kappa shape index (κ2) is 3.68. The monoisotopic (exact) mass is 195 g/mol. The molecule has 0 atom stereocenters. The van der Waals surface area contributed by atoms with E-state index in [9.17, 15) is 13.2 Å². The maximum Gasteiger partial charge on any atom is 0.437 e. The van der Waals surface area contributed by atoms with Crippen molar-refractivity contribution in [1.29, 1.82) is 0 Å². The van der Waals surface area contributed by atoms with Gasteiger partial charge in [0.15, 0.2) is 5.71 Å². The van der Waals surface area contributed by atoms with Gasteiger partial charge in [0.05, 0.1) is 12.9 Å². The van der Waals surface area contributed by atoms with Crippen molar-refractivity contribution in [3.63, 3.8) is 0 Å². The van der Waals surface area contributed by atoms with Crippen LogP contribution >= 0.6 is 0 Å². The summed E-state index contributed by atoms with van der Waals surface area (Å²) in [4.78, 5) is 0. The fraction of sp³-hybridized carbons (Fsp3) is 0.571. The zero-order valence-electron chi connectivity index (χ0n) is 6.64. The summed E-state index contributed by atoms with van der Waals surface area (Å²) in [6.07, 6.45) is -2.91. The summed E-state index contributed by atoms with van der Waals surface area (Å²) in [7, 11) is 0. The van der Waals surface area contributed by atoms with Crippen LogP contribution in [0.3, 0.4) is 0 Å². The van der Waals surface area contributed by atoms with Gasteiger partial charge in [0.2, 0.25) is 0 Å². The van der Waals surface area contributed by atoms with Crippen molar-refractivity contribution in [3.8, 4) is 0 Å². The third-order valence-electron chi connectivity index (χ3n) is 1.61. The normalized spacial score (nSPS) is 19.3. The van der Waals surface area contributed by atoms with Crippen LogP contribution < -0.4 is 0 Å². The van der Waals surface area contributed by atoms with Gasteiger partial charge in [-0.3, -0.25) is 0 Å². The van der Waals surface area contributed by atoms with Gasteiger partial charge in [-0.2, -0.15) is 13.2 Å². The van der Waals surface area contributed by atoms with Crippen LogP contribution in [0.25, 0.3) is 0 Å². The van der Waals surface area contributed by atoms with E-state index in [4.69, 9.17) is 9.94 Å². The molecule has 0 aromatic heterocycles. The molecule has 0 radical (unpaired) electrons. The van der Waals surface area contributed by atoms with Gasteiger partial charge in [-0.25, -0.2) is 0 Å². The highest BCUT2D eigenvalue weighted by Crippen LogP contribution is 2.26. The van der Waals surface area contributed by atoms with E-state index in [1.807, 2.05) is 0 Å². The molecule has 1 aliphatic rings. The Labute approximate surface area is 72.5 Å². The van der Waals surface area contributed by atoms with Crippen LogP contribution in [0.15, 0.2) is 17.0 Å². The molecule has 13 heavy (non-hydrogen) atoms. The van der Waals surface area contributed by atoms with Crippen molar-refractivity contribution in [2.45, 2.75) is 19.0 Å². The molecule has 1 aliphatic heterocycles. The SMILES string of the molecule is ON=C(C1=COCCC1)C(F)(F)F. The lowest BCUT2D eigenvalue weighted by molar-refractivity contribution is -0.0607. The quantitative estimate of drug-likeness (QED) is 0.395. The molecule has 0 aliphatic carbocycles. The van der Waals surface area contributed by atoms with Gasteiger partial charge in [-0.15, -0.1) is 0 Å². The lowest BCUT2D eigenvalue weighted by atomic mass is 10.1. The van der Waals surface area contributed by atoms with E-state index in [1.54, 1.807) is 0 Å². The van der Waals surface area contributed by atoms with Crippen LogP contribution in [0.5, 0.6) is 0 Å². The highest BCUT2D eigenvalue weighted by molar-refractivity contribution is 6.03. The van der Waals surface area contributed by atoms with Crippen molar-refractivity contribution in [2.24, 2.45) is 5.16 Å². The summed E-state index contributed by atoms with van der Waals surface area (Å²) in [5.74, 6) is 0. The van der Waals surface area contributed by atoms with Crippen LogP contribution in [0, 0.1) is 0 Å². The Morgan fingerprint density at radius 3 is 2.62 bits per heavy atom. The van der Waals surface area contributed by atoms with Crippen molar-refractivity contribution >= 4 is 5.71 Å². The lowest BCUT2D eigenvalue weighted by Crippen LogP contribution is -2.26. The topological polar surface area (TPSA) is 41.8 Å². The summed E-state index contributed by atoms with van der Waals surface area (Å²) in [5.41, 5.74) is -1.38. The molecule has 0 bridgehead atoms. The van der Waals surface area contributed by atoms with Gasteiger partial charge in [0.25, 0.3) is 0 Å². The molecule has 0 saturated carbocycles. The van der Waals surface area contributed by atoms with Crippen molar-refractivity contribution in [2.75, 3.05) is 6.61 Å². The van der Waals surface area contributed by atoms with Gasteiger partial charge in [0, 0.05) is 5.57 Å². The van der Waals surface area contributed by atoms with E-state index in [0.29, 0.717) is 13.0 Å². The first kappa shape index (κ1) is 9.88. The van der Waals surface area contributed by atoms with Crippen molar-refractivity contribution in [3.05, 3.63) is 11.8 Å². The predicted octanol–water partition coefficient (Wildman–Crippen LogP) is 2.07. The number of hydrogen-bond donors (Lipinski definition) is 1. The Balaban J connectivity index is 2.84. The molecular formula is C7H8F3NO2. The summed E-state index contributed by atoms with van der Waals surface area (Å²) in [6.45, 7) is 0.403. The minimum Gasteiger partial charge on any atom is -0.501 e. The Bertz CT molecular complexity index is 245. The minimum absolute atomic E-state index is 0.110. The van der Waals surface area contributed by atoms with E-state index >= 15 is 0 Å². The molecule has 6 heteroatoms. The second-order valence-electron chi connectivity index (χ2n) is 2.56. The summed E-state index contributed by atoms with van der Waals surface area (Å²) in [5, 5.41) is 10.4. The Kier molecular flexibility index (Phi) is 2.79. The molecule has 0 saturated heterocycles. The maximum atomic E-state index is 12.1. The van der Waals surface area contributed by atoms with Gasteiger partial charge in [-0.05, 0) is 12.8 Å². The zero-order valence-corrected chi connectivity index (χ0v) is 6.64. The van der Waals surface area contributed by atoms with Crippen LogP contribution in [0.1, 0.15) is 12.8 Å². The Morgan fingerprint density at radius 1 is 1.54 bits per heavy atom. The lowest BCUT2D eigenvalue weighted by Gasteiger charge is -2.15. The van der Waals surface area contributed by atoms with E-state index in [2.05, 4.69) is 5.16 Å². The molecule has 74 valence electrons. The average Bonchev–Trinajstić information content (AvgIpc) is 2.05. The number of ether oxygens (including phenoxy) is 1. The van der Waals surface area contributed by atoms with Crippen LogP contribution in [-0.4, -0.2) is 23.7 Å². The van der Waals surface area contributed by atoms with E-state index < -0.39 is 11.9 Å². The third kappa shape index (κ3) is 2.37. The number of oxime groups is 1. The van der Waals surface area contributed by atoms with Gasteiger partial charge in [-0.1, -0.05) is 5.16 Å². The number of allylic oxidation sites excluding steroid dienone is 1. The summed E-state index contributed by atoms with van der Waals surface area (Å²) < 4.78 is 41.1. The smallest absolute Gasteiger partial charge is 0.437 e. The maximum absolute atomic E-state index is 12.1. The second-order valence-corrected chi connectivity index (χ2v) is 2.56. The highest BCUT2D eigenvalue weighted by Gasteiger charge is 2.39. The number of halogens is 3. The molecule has 1 heterocycles.